The highest BCUT2D eigenvalue weighted by Gasteiger charge is 2.15. The van der Waals surface area contributed by atoms with E-state index < -0.39 is 5.91 Å². The van der Waals surface area contributed by atoms with Gasteiger partial charge in [0, 0.05) is 11.6 Å². The lowest BCUT2D eigenvalue weighted by atomic mass is 9.87. The number of carbonyl (C=O) groups excluding carboxylic acids is 2. The summed E-state index contributed by atoms with van der Waals surface area (Å²) in [4.78, 5) is 24.1. The summed E-state index contributed by atoms with van der Waals surface area (Å²) in [5.74, 6) is 0.446. The van der Waals surface area contributed by atoms with Crippen LogP contribution in [0.3, 0.4) is 0 Å². The van der Waals surface area contributed by atoms with Crippen LogP contribution in [0.15, 0.2) is 65.2 Å². The normalized spacial score (nSPS) is 11.1. The highest BCUT2D eigenvalue weighted by molar-refractivity contribution is 5.95. The van der Waals surface area contributed by atoms with Crippen LogP contribution >= 0.6 is 0 Å². The third-order valence-corrected chi connectivity index (χ3v) is 4.62. The Morgan fingerprint density at radius 1 is 1.00 bits per heavy atom. The van der Waals surface area contributed by atoms with Crippen molar-refractivity contribution < 1.29 is 18.8 Å². The number of rotatable bonds is 8. The molecule has 3 aromatic rings. The molecule has 2 N–H and O–H groups in total. The summed E-state index contributed by atoms with van der Waals surface area (Å²) in [5.41, 5.74) is 2.26. The van der Waals surface area contributed by atoms with Crippen molar-refractivity contribution in [2.24, 2.45) is 0 Å². The second-order valence-corrected chi connectivity index (χ2v) is 8.10. The number of hydrogen-bond donors (Lipinski definition) is 2. The summed E-state index contributed by atoms with van der Waals surface area (Å²) >= 11 is 0. The van der Waals surface area contributed by atoms with Crippen LogP contribution in [0.25, 0.3) is 11.3 Å². The fourth-order valence-electron chi connectivity index (χ4n) is 2.84. The van der Waals surface area contributed by atoms with E-state index in [9.17, 15) is 9.59 Å². The number of nitrogens with zero attached hydrogens (tertiary/aromatic N) is 1. The van der Waals surface area contributed by atoms with Gasteiger partial charge in [0.15, 0.2) is 11.5 Å². The zero-order chi connectivity index (χ0) is 22.3. The van der Waals surface area contributed by atoms with Crippen molar-refractivity contribution in [2.45, 2.75) is 26.2 Å². The van der Waals surface area contributed by atoms with E-state index >= 15 is 0 Å². The van der Waals surface area contributed by atoms with Crippen molar-refractivity contribution in [1.82, 2.24) is 15.8 Å². The molecular formula is C24H27N3O4. The monoisotopic (exact) mass is 421 g/mol. The lowest BCUT2D eigenvalue weighted by molar-refractivity contribution is -0.120. The molecule has 1 aromatic heterocycles. The van der Waals surface area contributed by atoms with E-state index in [-0.39, 0.29) is 23.6 Å². The SMILES string of the molecule is CC(C)(C)c1ccc(OCCNC(=O)CNC(=O)c2cc(-c3ccccc3)on2)cc1. The Kier molecular flexibility index (Phi) is 7.07. The lowest BCUT2D eigenvalue weighted by Gasteiger charge is -2.19. The van der Waals surface area contributed by atoms with Gasteiger partial charge in [-0.2, -0.15) is 0 Å². The zero-order valence-electron chi connectivity index (χ0n) is 18.0. The van der Waals surface area contributed by atoms with Crippen molar-refractivity contribution in [3.05, 3.63) is 71.9 Å². The highest BCUT2D eigenvalue weighted by Crippen LogP contribution is 2.24. The number of aromatic nitrogens is 1. The molecule has 1 heterocycles. The van der Waals surface area contributed by atoms with Gasteiger partial charge in [-0.15, -0.1) is 0 Å². The topological polar surface area (TPSA) is 93.5 Å². The van der Waals surface area contributed by atoms with E-state index in [4.69, 9.17) is 9.26 Å². The molecule has 2 amide bonds. The maximum atomic E-state index is 12.2. The number of ether oxygens (including phenoxy) is 1. The van der Waals surface area contributed by atoms with E-state index in [2.05, 4.69) is 36.6 Å². The first-order valence-electron chi connectivity index (χ1n) is 10.1. The third kappa shape index (κ3) is 6.44. The molecule has 0 bridgehead atoms. The zero-order valence-corrected chi connectivity index (χ0v) is 18.0. The molecule has 0 aliphatic rings. The van der Waals surface area contributed by atoms with Gasteiger partial charge in [-0.1, -0.05) is 68.4 Å². The summed E-state index contributed by atoms with van der Waals surface area (Å²) in [6.07, 6.45) is 0. The molecule has 2 aromatic carbocycles. The third-order valence-electron chi connectivity index (χ3n) is 4.62. The predicted octanol–water partition coefficient (Wildman–Crippen LogP) is 3.56. The number of nitrogens with one attached hydrogen (secondary N) is 2. The van der Waals surface area contributed by atoms with Gasteiger partial charge in [-0.05, 0) is 23.1 Å². The van der Waals surface area contributed by atoms with E-state index in [1.807, 2.05) is 54.6 Å². The summed E-state index contributed by atoms with van der Waals surface area (Å²) < 4.78 is 10.8. The second kappa shape index (κ2) is 9.93. The van der Waals surface area contributed by atoms with Crippen LogP contribution in [-0.4, -0.2) is 36.7 Å². The Balaban J connectivity index is 1.37. The smallest absolute Gasteiger partial charge is 0.273 e. The molecule has 0 atom stereocenters. The molecule has 0 fully saturated rings. The van der Waals surface area contributed by atoms with E-state index in [0.29, 0.717) is 18.9 Å². The van der Waals surface area contributed by atoms with Gasteiger partial charge in [0.05, 0.1) is 13.1 Å². The van der Waals surface area contributed by atoms with Crippen LogP contribution < -0.4 is 15.4 Å². The molecule has 3 rings (SSSR count). The minimum atomic E-state index is -0.476. The molecular weight excluding hydrogens is 394 g/mol. The first-order chi connectivity index (χ1) is 14.8. The number of hydrogen-bond acceptors (Lipinski definition) is 5. The average Bonchev–Trinajstić information content (AvgIpc) is 3.26. The molecule has 0 aliphatic heterocycles. The molecule has 0 saturated carbocycles. The molecule has 0 saturated heterocycles. The van der Waals surface area contributed by atoms with E-state index in [1.54, 1.807) is 6.07 Å². The molecule has 0 spiro atoms. The summed E-state index contributed by atoms with van der Waals surface area (Å²) in [7, 11) is 0. The molecule has 0 radical (unpaired) electrons. The minimum Gasteiger partial charge on any atom is -0.492 e. The highest BCUT2D eigenvalue weighted by atomic mass is 16.5. The van der Waals surface area contributed by atoms with E-state index in [0.717, 1.165) is 11.3 Å². The van der Waals surface area contributed by atoms with Crippen LogP contribution in [0.4, 0.5) is 0 Å². The molecule has 7 heteroatoms. The van der Waals surface area contributed by atoms with Crippen molar-refractivity contribution in [1.29, 1.82) is 0 Å². The van der Waals surface area contributed by atoms with Crippen LogP contribution in [0.2, 0.25) is 0 Å². The summed E-state index contributed by atoms with van der Waals surface area (Å²) in [5, 5.41) is 8.99. The van der Waals surface area contributed by atoms with Crippen molar-refractivity contribution in [3.63, 3.8) is 0 Å². The second-order valence-electron chi connectivity index (χ2n) is 8.10. The number of benzene rings is 2. The van der Waals surface area contributed by atoms with E-state index in [1.165, 1.54) is 5.56 Å². The summed E-state index contributed by atoms with van der Waals surface area (Å²) in [6.45, 7) is 6.97. The molecule has 31 heavy (non-hydrogen) atoms. The van der Waals surface area contributed by atoms with Gasteiger partial charge in [0.1, 0.15) is 12.4 Å². The van der Waals surface area contributed by atoms with Gasteiger partial charge >= 0.3 is 0 Å². The predicted molar refractivity (Wildman–Crippen MR) is 118 cm³/mol. The first-order valence-corrected chi connectivity index (χ1v) is 10.1. The van der Waals surface area contributed by atoms with Crippen molar-refractivity contribution in [2.75, 3.05) is 19.7 Å². The molecule has 162 valence electrons. The summed E-state index contributed by atoms with van der Waals surface area (Å²) in [6, 6.07) is 18.8. The number of carbonyl (C=O) groups is 2. The van der Waals surface area contributed by atoms with Gasteiger partial charge in [0.25, 0.3) is 5.91 Å². The molecule has 7 nitrogen and oxygen atoms in total. The Morgan fingerprint density at radius 3 is 2.39 bits per heavy atom. The molecule has 0 unspecified atom stereocenters. The fraction of sp³-hybridized carbons (Fsp3) is 0.292. The van der Waals surface area contributed by atoms with Crippen molar-refractivity contribution in [3.8, 4) is 17.1 Å². The Bertz CT molecular complexity index is 1010. The van der Waals surface area contributed by atoms with Gasteiger partial charge in [-0.3, -0.25) is 9.59 Å². The van der Waals surface area contributed by atoms with Gasteiger partial charge in [0.2, 0.25) is 5.91 Å². The van der Waals surface area contributed by atoms with Crippen molar-refractivity contribution >= 4 is 11.8 Å². The van der Waals surface area contributed by atoms with Crippen LogP contribution in [0, 0.1) is 0 Å². The van der Waals surface area contributed by atoms with Crippen LogP contribution in [0.5, 0.6) is 5.75 Å². The van der Waals surface area contributed by atoms with Crippen LogP contribution in [-0.2, 0) is 10.2 Å². The first kappa shape index (κ1) is 22.1. The minimum absolute atomic E-state index is 0.0893. The van der Waals surface area contributed by atoms with Crippen LogP contribution in [0.1, 0.15) is 36.8 Å². The maximum Gasteiger partial charge on any atom is 0.273 e. The maximum absolute atomic E-state index is 12.2. The Morgan fingerprint density at radius 2 is 1.71 bits per heavy atom. The quantitative estimate of drug-likeness (QED) is 0.543. The van der Waals surface area contributed by atoms with Gasteiger partial charge in [-0.25, -0.2) is 0 Å². The fourth-order valence-corrected chi connectivity index (χ4v) is 2.84. The molecule has 0 aliphatic carbocycles. The number of amides is 2. The Labute approximate surface area is 181 Å². The standard InChI is InChI=1S/C24H27N3O4/c1-24(2,3)18-9-11-19(12-10-18)30-14-13-25-22(28)16-26-23(29)20-15-21(31-27-20)17-7-5-4-6-8-17/h4-12,15H,13-14,16H2,1-3H3,(H,25,28)(H,26,29). The largest absolute Gasteiger partial charge is 0.492 e. The lowest BCUT2D eigenvalue weighted by Crippen LogP contribution is -2.38. The van der Waals surface area contributed by atoms with Gasteiger partial charge < -0.3 is 19.9 Å². The Hall–Kier alpha value is -3.61. The average molecular weight is 421 g/mol.